The second-order valence-electron chi connectivity index (χ2n) is 6.75. The molecule has 0 bridgehead atoms. The van der Waals surface area contributed by atoms with E-state index < -0.39 is 0 Å². The molecule has 0 amide bonds. The van der Waals surface area contributed by atoms with Gasteiger partial charge in [-0.3, -0.25) is 0 Å². The van der Waals surface area contributed by atoms with E-state index in [9.17, 15) is 0 Å². The summed E-state index contributed by atoms with van der Waals surface area (Å²) in [4.78, 5) is 0. The van der Waals surface area contributed by atoms with Crippen molar-refractivity contribution in [3.8, 4) is 0 Å². The summed E-state index contributed by atoms with van der Waals surface area (Å²) in [6, 6.07) is 9.64. The summed E-state index contributed by atoms with van der Waals surface area (Å²) in [6.45, 7) is 9.37. The lowest BCUT2D eigenvalue weighted by Gasteiger charge is -2.20. The minimum Gasteiger partial charge on any atom is -0.382 e. The first-order valence-electron chi connectivity index (χ1n) is 7.35. The summed E-state index contributed by atoms with van der Waals surface area (Å²) in [6.07, 6.45) is 5.03. The first-order chi connectivity index (χ1) is 8.50. The van der Waals surface area contributed by atoms with Gasteiger partial charge >= 0.3 is 0 Å². The Morgan fingerprint density at radius 2 is 1.83 bits per heavy atom. The Balaban J connectivity index is 1.97. The maximum atomic E-state index is 3.72. The van der Waals surface area contributed by atoms with E-state index in [1.165, 1.54) is 36.9 Å². The first kappa shape index (κ1) is 13.5. The molecule has 18 heavy (non-hydrogen) atoms. The standard InChI is InChI=1S/C17H27N/c1-5-6-14-7-9-15(10-8-14)18-16-12-17(3,4)11-13(16)2/h7-10,13,16,18H,5-6,11-12H2,1-4H3. The van der Waals surface area contributed by atoms with Crippen LogP contribution in [0.2, 0.25) is 0 Å². The minimum absolute atomic E-state index is 0.499. The molecule has 1 aromatic rings. The molecule has 0 heterocycles. The summed E-state index contributed by atoms with van der Waals surface area (Å²) in [5, 5.41) is 3.72. The maximum Gasteiger partial charge on any atom is 0.0342 e. The van der Waals surface area contributed by atoms with E-state index in [1.807, 2.05) is 0 Å². The molecule has 1 nitrogen and oxygen atoms in total. The minimum atomic E-state index is 0.499. The molecule has 0 radical (unpaired) electrons. The van der Waals surface area contributed by atoms with Crippen LogP contribution in [0.1, 0.15) is 52.5 Å². The highest BCUT2D eigenvalue weighted by Gasteiger charge is 2.36. The van der Waals surface area contributed by atoms with Gasteiger partial charge in [0.25, 0.3) is 0 Å². The molecule has 1 N–H and O–H groups in total. The topological polar surface area (TPSA) is 12.0 Å². The van der Waals surface area contributed by atoms with E-state index in [1.54, 1.807) is 0 Å². The molecule has 1 saturated carbocycles. The zero-order chi connectivity index (χ0) is 13.2. The number of benzene rings is 1. The largest absolute Gasteiger partial charge is 0.382 e. The SMILES string of the molecule is CCCc1ccc(NC2CC(C)(C)CC2C)cc1. The van der Waals surface area contributed by atoms with Crippen LogP contribution in [0, 0.1) is 11.3 Å². The summed E-state index contributed by atoms with van der Waals surface area (Å²) in [5.41, 5.74) is 3.23. The third-order valence-corrected chi connectivity index (χ3v) is 4.18. The zero-order valence-electron chi connectivity index (χ0n) is 12.3. The first-order valence-corrected chi connectivity index (χ1v) is 7.35. The molecule has 1 aromatic carbocycles. The molecule has 0 spiro atoms. The van der Waals surface area contributed by atoms with Gasteiger partial charge in [0.05, 0.1) is 0 Å². The fourth-order valence-electron chi connectivity index (χ4n) is 3.36. The molecule has 0 saturated heterocycles. The van der Waals surface area contributed by atoms with Gasteiger partial charge in [0.15, 0.2) is 0 Å². The number of nitrogens with one attached hydrogen (secondary N) is 1. The molecule has 1 aliphatic rings. The van der Waals surface area contributed by atoms with Crippen LogP contribution in [0.5, 0.6) is 0 Å². The second-order valence-corrected chi connectivity index (χ2v) is 6.75. The monoisotopic (exact) mass is 245 g/mol. The van der Waals surface area contributed by atoms with Gasteiger partial charge in [-0.05, 0) is 48.3 Å². The normalized spacial score (nSPS) is 26.2. The Labute approximate surface area is 112 Å². The van der Waals surface area contributed by atoms with Crippen LogP contribution < -0.4 is 5.32 Å². The highest BCUT2D eigenvalue weighted by Crippen LogP contribution is 2.42. The second kappa shape index (κ2) is 5.34. The van der Waals surface area contributed by atoms with Crippen molar-refractivity contribution in [1.82, 2.24) is 0 Å². The molecular weight excluding hydrogens is 218 g/mol. The predicted octanol–water partition coefficient (Wildman–Crippen LogP) is 4.88. The van der Waals surface area contributed by atoms with Crippen LogP contribution >= 0.6 is 0 Å². The molecule has 0 aromatic heterocycles. The lowest BCUT2D eigenvalue weighted by Crippen LogP contribution is -2.22. The van der Waals surface area contributed by atoms with Gasteiger partial charge in [-0.2, -0.15) is 0 Å². The number of aryl methyl sites for hydroxylation is 1. The number of rotatable bonds is 4. The van der Waals surface area contributed by atoms with Crippen LogP contribution in [0.25, 0.3) is 0 Å². The van der Waals surface area contributed by atoms with Gasteiger partial charge in [0.2, 0.25) is 0 Å². The number of hydrogen-bond donors (Lipinski definition) is 1. The van der Waals surface area contributed by atoms with Crippen LogP contribution in [-0.4, -0.2) is 6.04 Å². The van der Waals surface area contributed by atoms with Crippen molar-refractivity contribution >= 4 is 5.69 Å². The molecule has 2 atom stereocenters. The van der Waals surface area contributed by atoms with Gasteiger partial charge in [-0.1, -0.05) is 46.2 Å². The van der Waals surface area contributed by atoms with E-state index in [0.29, 0.717) is 11.5 Å². The van der Waals surface area contributed by atoms with E-state index in [4.69, 9.17) is 0 Å². The quantitative estimate of drug-likeness (QED) is 0.797. The smallest absolute Gasteiger partial charge is 0.0342 e. The Morgan fingerprint density at radius 3 is 2.33 bits per heavy atom. The van der Waals surface area contributed by atoms with Crippen molar-refractivity contribution in [3.05, 3.63) is 29.8 Å². The lowest BCUT2D eigenvalue weighted by molar-refractivity contribution is 0.366. The van der Waals surface area contributed by atoms with Crippen LogP contribution in [0.4, 0.5) is 5.69 Å². The fourth-order valence-corrected chi connectivity index (χ4v) is 3.36. The van der Waals surface area contributed by atoms with Crippen molar-refractivity contribution < 1.29 is 0 Å². The molecule has 100 valence electrons. The fraction of sp³-hybridized carbons (Fsp3) is 0.647. The van der Waals surface area contributed by atoms with E-state index in [2.05, 4.69) is 57.3 Å². The molecule has 1 heteroatoms. The molecule has 2 rings (SSSR count). The van der Waals surface area contributed by atoms with E-state index in [0.717, 1.165) is 5.92 Å². The van der Waals surface area contributed by atoms with E-state index >= 15 is 0 Å². The van der Waals surface area contributed by atoms with Gasteiger partial charge in [0, 0.05) is 11.7 Å². The summed E-state index contributed by atoms with van der Waals surface area (Å²) in [7, 11) is 0. The third kappa shape index (κ3) is 3.28. The van der Waals surface area contributed by atoms with Crippen molar-refractivity contribution in [1.29, 1.82) is 0 Å². The lowest BCUT2D eigenvalue weighted by atomic mass is 9.91. The van der Waals surface area contributed by atoms with Crippen LogP contribution in [-0.2, 0) is 6.42 Å². The third-order valence-electron chi connectivity index (χ3n) is 4.18. The van der Waals surface area contributed by atoms with Crippen molar-refractivity contribution in [2.24, 2.45) is 11.3 Å². The average molecular weight is 245 g/mol. The average Bonchev–Trinajstić information content (AvgIpc) is 2.55. The Bertz CT molecular complexity index is 377. The molecule has 0 aliphatic heterocycles. The highest BCUT2D eigenvalue weighted by atomic mass is 14.9. The molecule has 1 aliphatic carbocycles. The molecule has 2 unspecified atom stereocenters. The summed E-state index contributed by atoms with van der Waals surface area (Å²) in [5.74, 6) is 0.773. The van der Waals surface area contributed by atoms with Crippen LogP contribution in [0.3, 0.4) is 0 Å². The molecule has 1 fully saturated rings. The van der Waals surface area contributed by atoms with Gasteiger partial charge in [0.1, 0.15) is 0 Å². The van der Waals surface area contributed by atoms with Crippen LogP contribution in [0.15, 0.2) is 24.3 Å². The van der Waals surface area contributed by atoms with Gasteiger partial charge < -0.3 is 5.32 Å². The van der Waals surface area contributed by atoms with Crippen molar-refractivity contribution in [2.75, 3.05) is 5.32 Å². The van der Waals surface area contributed by atoms with Gasteiger partial charge in [-0.25, -0.2) is 0 Å². The maximum absolute atomic E-state index is 3.72. The Kier molecular flexibility index (Phi) is 3.99. The van der Waals surface area contributed by atoms with Crippen molar-refractivity contribution in [3.63, 3.8) is 0 Å². The zero-order valence-corrected chi connectivity index (χ0v) is 12.3. The summed E-state index contributed by atoms with van der Waals surface area (Å²) >= 11 is 0. The predicted molar refractivity (Wildman–Crippen MR) is 80.0 cm³/mol. The number of hydrogen-bond acceptors (Lipinski definition) is 1. The summed E-state index contributed by atoms with van der Waals surface area (Å²) < 4.78 is 0. The van der Waals surface area contributed by atoms with E-state index in [-0.39, 0.29) is 0 Å². The Hall–Kier alpha value is -0.980. The van der Waals surface area contributed by atoms with Gasteiger partial charge in [-0.15, -0.1) is 0 Å². The highest BCUT2D eigenvalue weighted by molar-refractivity contribution is 5.46. The van der Waals surface area contributed by atoms with Crippen molar-refractivity contribution in [2.45, 2.75) is 59.4 Å². The molecular formula is C17H27N. The Morgan fingerprint density at radius 1 is 1.17 bits per heavy atom. The number of anilines is 1.